The fourth-order valence-corrected chi connectivity index (χ4v) is 1.96. The molecule has 0 bridgehead atoms. The van der Waals surface area contributed by atoms with Crippen molar-refractivity contribution in [2.75, 3.05) is 25.5 Å². The summed E-state index contributed by atoms with van der Waals surface area (Å²) in [4.78, 5) is 27.0. The standard InChI is InChI=1S/C14H18N2O3/c1-9-5-6-12-11(7-9)16(8-13(17)15(3)4)14(18)10(2)19-12/h5-7,10H,8H2,1-4H3/t10-/m1/s1. The lowest BCUT2D eigenvalue weighted by atomic mass is 10.1. The minimum atomic E-state index is -0.565. The maximum Gasteiger partial charge on any atom is 0.268 e. The third-order valence-electron chi connectivity index (χ3n) is 3.11. The number of aryl methyl sites for hydroxylation is 1. The summed E-state index contributed by atoms with van der Waals surface area (Å²) < 4.78 is 5.56. The van der Waals surface area contributed by atoms with Crippen LogP contribution in [0.25, 0.3) is 0 Å². The number of anilines is 1. The van der Waals surface area contributed by atoms with E-state index in [0.717, 1.165) is 5.56 Å². The Labute approximate surface area is 112 Å². The molecule has 0 saturated heterocycles. The summed E-state index contributed by atoms with van der Waals surface area (Å²) >= 11 is 0. The Morgan fingerprint density at radius 3 is 2.74 bits per heavy atom. The molecule has 0 saturated carbocycles. The van der Waals surface area contributed by atoms with Gasteiger partial charge in [0.05, 0.1) is 5.69 Å². The molecule has 2 rings (SSSR count). The molecule has 5 nitrogen and oxygen atoms in total. The molecule has 0 fully saturated rings. The van der Waals surface area contributed by atoms with Gasteiger partial charge in [-0.25, -0.2) is 0 Å². The summed E-state index contributed by atoms with van der Waals surface area (Å²) in [5.41, 5.74) is 1.69. The van der Waals surface area contributed by atoms with Crippen LogP contribution in [0.15, 0.2) is 18.2 Å². The first kappa shape index (κ1) is 13.4. The largest absolute Gasteiger partial charge is 0.479 e. The maximum absolute atomic E-state index is 12.2. The molecule has 0 radical (unpaired) electrons. The Kier molecular flexibility index (Phi) is 3.46. The summed E-state index contributed by atoms with van der Waals surface area (Å²) in [6, 6.07) is 5.62. The quantitative estimate of drug-likeness (QED) is 0.804. The number of rotatable bonds is 2. The van der Waals surface area contributed by atoms with Gasteiger partial charge in [0.2, 0.25) is 5.91 Å². The lowest BCUT2D eigenvalue weighted by molar-refractivity contribution is -0.131. The lowest BCUT2D eigenvalue weighted by Crippen LogP contribution is -2.48. The van der Waals surface area contributed by atoms with Crippen LogP contribution in [0.3, 0.4) is 0 Å². The molecule has 0 aliphatic carbocycles. The highest BCUT2D eigenvalue weighted by molar-refractivity contribution is 6.03. The van der Waals surface area contributed by atoms with Gasteiger partial charge >= 0.3 is 0 Å². The van der Waals surface area contributed by atoms with Crippen LogP contribution >= 0.6 is 0 Å². The number of hydrogen-bond donors (Lipinski definition) is 0. The first-order valence-corrected chi connectivity index (χ1v) is 6.19. The molecule has 0 aromatic heterocycles. The molecule has 0 N–H and O–H groups in total. The van der Waals surface area contributed by atoms with Gasteiger partial charge in [-0.05, 0) is 31.5 Å². The van der Waals surface area contributed by atoms with Crippen LogP contribution in [0.1, 0.15) is 12.5 Å². The Morgan fingerprint density at radius 2 is 2.11 bits per heavy atom. The molecular formula is C14H18N2O3. The van der Waals surface area contributed by atoms with E-state index >= 15 is 0 Å². The minimum Gasteiger partial charge on any atom is -0.479 e. The van der Waals surface area contributed by atoms with Gasteiger partial charge in [0.25, 0.3) is 5.91 Å². The molecule has 2 amide bonds. The summed E-state index contributed by atoms with van der Waals surface area (Å²) in [6.45, 7) is 3.67. The molecule has 1 aromatic rings. The number of fused-ring (bicyclic) bond motifs is 1. The van der Waals surface area contributed by atoms with Crippen molar-refractivity contribution in [3.05, 3.63) is 23.8 Å². The number of nitrogens with zero attached hydrogens (tertiary/aromatic N) is 2. The normalized spacial score (nSPS) is 17.8. The fraction of sp³-hybridized carbons (Fsp3) is 0.429. The molecule has 5 heteroatoms. The second-order valence-electron chi connectivity index (χ2n) is 4.94. The first-order chi connectivity index (χ1) is 8.90. The van der Waals surface area contributed by atoms with Crippen LogP contribution < -0.4 is 9.64 Å². The highest BCUT2D eigenvalue weighted by Crippen LogP contribution is 2.34. The van der Waals surface area contributed by atoms with Crippen LogP contribution in [-0.2, 0) is 9.59 Å². The van der Waals surface area contributed by atoms with Gasteiger partial charge in [-0.15, -0.1) is 0 Å². The average molecular weight is 262 g/mol. The average Bonchev–Trinajstić information content (AvgIpc) is 2.35. The zero-order chi connectivity index (χ0) is 14.2. The topological polar surface area (TPSA) is 49.9 Å². The van der Waals surface area contributed by atoms with E-state index in [4.69, 9.17) is 4.74 Å². The second kappa shape index (κ2) is 4.91. The van der Waals surface area contributed by atoms with Crippen molar-refractivity contribution in [2.24, 2.45) is 0 Å². The lowest BCUT2D eigenvalue weighted by Gasteiger charge is -2.33. The molecule has 1 aliphatic heterocycles. The van der Waals surface area contributed by atoms with Gasteiger partial charge in [-0.1, -0.05) is 6.07 Å². The van der Waals surface area contributed by atoms with Crippen molar-refractivity contribution in [3.63, 3.8) is 0 Å². The van der Waals surface area contributed by atoms with Crippen LogP contribution in [0.2, 0.25) is 0 Å². The van der Waals surface area contributed by atoms with Crippen LogP contribution in [0.5, 0.6) is 5.75 Å². The van der Waals surface area contributed by atoms with Crippen molar-refractivity contribution in [1.29, 1.82) is 0 Å². The summed E-state index contributed by atoms with van der Waals surface area (Å²) in [5.74, 6) is 0.340. The number of hydrogen-bond acceptors (Lipinski definition) is 3. The summed E-state index contributed by atoms with van der Waals surface area (Å²) in [5, 5.41) is 0. The van der Waals surface area contributed by atoms with E-state index in [1.165, 1.54) is 9.80 Å². The monoisotopic (exact) mass is 262 g/mol. The third kappa shape index (κ3) is 2.54. The smallest absolute Gasteiger partial charge is 0.268 e. The molecule has 102 valence electrons. The maximum atomic E-state index is 12.2. The van der Waals surface area contributed by atoms with E-state index in [1.807, 2.05) is 25.1 Å². The Hall–Kier alpha value is -2.04. The van der Waals surface area contributed by atoms with Crippen molar-refractivity contribution < 1.29 is 14.3 Å². The van der Waals surface area contributed by atoms with Crippen molar-refractivity contribution >= 4 is 17.5 Å². The predicted octanol–water partition coefficient (Wildman–Crippen LogP) is 1.20. The van der Waals surface area contributed by atoms with Gasteiger partial charge in [0, 0.05) is 14.1 Å². The Bertz CT molecular complexity index is 525. The first-order valence-electron chi connectivity index (χ1n) is 6.19. The van der Waals surface area contributed by atoms with E-state index in [0.29, 0.717) is 11.4 Å². The van der Waals surface area contributed by atoms with E-state index in [9.17, 15) is 9.59 Å². The molecule has 1 atom stereocenters. The number of carbonyl (C=O) groups is 2. The molecular weight excluding hydrogens is 244 g/mol. The summed E-state index contributed by atoms with van der Waals surface area (Å²) in [6.07, 6.45) is -0.565. The van der Waals surface area contributed by atoms with E-state index in [1.54, 1.807) is 21.0 Å². The highest BCUT2D eigenvalue weighted by atomic mass is 16.5. The number of amides is 2. The van der Waals surface area contributed by atoms with Crippen LogP contribution in [-0.4, -0.2) is 43.5 Å². The predicted molar refractivity (Wildman–Crippen MR) is 72.3 cm³/mol. The number of carbonyl (C=O) groups excluding carboxylic acids is 2. The molecule has 1 aromatic carbocycles. The van der Waals surface area contributed by atoms with Gasteiger partial charge < -0.3 is 9.64 Å². The summed E-state index contributed by atoms with van der Waals surface area (Å²) in [7, 11) is 3.35. The molecule has 19 heavy (non-hydrogen) atoms. The number of likely N-dealkylation sites (N-methyl/N-ethyl adjacent to an activating group) is 1. The third-order valence-corrected chi connectivity index (χ3v) is 3.11. The SMILES string of the molecule is Cc1ccc2c(c1)N(CC(=O)N(C)C)C(=O)[C@@H](C)O2. The van der Waals surface area contributed by atoms with Gasteiger partial charge in [0.15, 0.2) is 6.10 Å². The Balaban J connectivity index is 2.38. The van der Waals surface area contributed by atoms with Crippen molar-refractivity contribution in [1.82, 2.24) is 4.90 Å². The van der Waals surface area contributed by atoms with Gasteiger partial charge in [0.1, 0.15) is 12.3 Å². The van der Waals surface area contributed by atoms with Gasteiger partial charge in [-0.2, -0.15) is 0 Å². The van der Waals surface area contributed by atoms with E-state index < -0.39 is 6.10 Å². The number of benzene rings is 1. The zero-order valence-corrected chi connectivity index (χ0v) is 11.6. The van der Waals surface area contributed by atoms with Crippen LogP contribution in [0, 0.1) is 6.92 Å². The molecule has 0 spiro atoms. The number of ether oxygens (including phenoxy) is 1. The zero-order valence-electron chi connectivity index (χ0n) is 11.6. The molecule has 1 heterocycles. The Morgan fingerprint density at radius 1 is 1.42 bits per heavy atom. The van der Waals surface area contributed by atoms with E-state index in [-0.39, 0.29) is 18.4 Å². The van der Waals surface area contributed by atoms with E-state index in [2.05, 4.69) is 0 Å². The minimum absolute atomic E-state index is 0.0377. The van der Waals surface area contributed by atoms with Crippen molar-refractivity contribution in [2.45, 2.75) is 20.0 Å². The molecule has 1 aliphatic rings. The van der Waals surface area contributed by atoms with Crippen LogP contribution in [0.4, 0.5) is 5.69 Å². The highest BCUT2D eigenvalue weighted by Gasteiger charge is 2.32. The second-order valence-corrected chi connectivity index (χ2v) is 4.94. The molecule has 0 unspecified atom stereocenters. The van der Waals surface area contributed by atoms with Gasteiger partial charge in [-0.3, -0.25) is 14.5 Å². The van der Waals surface area contributed by atoms with Crippen molar-refractivity contribution in [3.8, 4) is 5.75 Å². The fourth-order valence-electron chi connectivity index (χ4n) is 1.96.